The molecule has 0 aliphatic heterocycles. The van der Waals surface area contributed by atoms with E-state index in [9.17, 15) is 4.39 Å². The van der Waals surface area contributed by atoms with Crippen LogP contribution in [0.15, 0.2) is 0 Å². The SMILES string of the molecule is Cc1nc(C(C)Cl)nc(Cl)c1F. The largest absolute Gasteiger partial charge is 0.233 e. The molecular weight excluding hydrogens is 202 g/mol. The van der Waals surface area contributed by atoms with E-state index >= 15 is 0 Å². The predicted octanol–water partition coefficient (Wildman–Crippen LogP) is 2.88. The van der Waals surface area contributed by atoms with Gasteiger partial charge in [0.05, 0.1) is 11.1 Å². The van der Waals surface area contributed by atoms with Gasteiger partial charge in [-0.15, -0.1) is 11.6 Å². The van der Waals surface area contributed by atoms with Gasteiger partial charge in [-0.25, -0.2) is 14.4 Å². The maximum atomic E-state index is 12.9. The first-order valence-electron chi connectivity index (χ1n) is 3.36. The number of aromatic nitrogens is 2. The highest BCUT2D eigenvalue weighted by molar-refractivity contribution is 6.29. The van der Waals surface area contributed by atoms with Crippen molar-refractivity contribution in [3.05, 3.63) is 22.5 Å². The summed E-state index contributed by atoms with van der Waals surface area (Å²) in [6, 6.07) is 0. The Bertz CT molecular complexity index is 278. The van der Waals surface area contributed by atoms with Crippen LogP contribution in [0, 0.1) is 12.7 Å². The van der Waals surface area contributed by atoms with E-state index in [1.165, 1.54) is 6.92 Å². The van der Waals surface area contributed by atoms with Crippen LogP contribution in [-0.4, -0.2) is 9.97 Å². The summed E-state index contributed by atoms with van der Waals surface area (Å²) in [7, 11) is 0. The lowest BCUT2D eigenvalue weighted by Gasteiger charge is -2.04. The second kappa shape index (κ2) is 3.54. The topological polar surface area (TPSA) is 25.8 Å². The maximum Gasteiger partial charge on any atom is 0.181 e. The zero-order chi connectivity index (χ0) is 9.30. The minimum absolute atomic E-state index is 0.176. The summed E-state index contributed by atoms with van der Waals surface area (Å²) in [6.45, 7) is 3.22. The standard InChI is InChI=1S/C7H7Cl2FN2/c1-3(8)7-11-4(2)5(10)6(9)12-7/h3H,1-2H3. The molecule has 1 rings (SSSR count). The van der Waals surface area contributed by atoms with Crippen LogP contribution in [0.1, 0.15) is 23.8 Å². The lowest BCUT2D eigenvalue weighted by Crippen LogP contribution is -2.01. The first-order valence-corrected chi connectivity index (χ1v) is 4.17. The van der Waals surface area contributed by atoms with Gasteiger partial charge >= 0.3 is 0 Å². The van der Waals surface area contributed by atoms with Crippen molar-refractivity contribution in [1.82, 2.24) is 9.97 Å². The highest BCUT2D eigenvalue weighted by Crippen LogP contribution is 2.20. The number of hydrogen-bond donors (Lipinski definition) is 0. The van der Waals surface area contributed by atoms with Crippen molar-refractivity contribution in [2.75, 3.05) is 0 Å². The second-order valence-corrected chi connectivity index (χ2v) is 3.40. The fraction of sp³-hybridized carbons (Fsp3) is 0.429. The van der Waals surface area contributed by atoms with Crippen LogP contribution < -0.4 is 0 Å². The van der Waals surface area contributed by atoms with E-state index < -0.39 is 5.82 Å². The van der Waals surface area contributed by atoms with Crippen LogP contribution in [0.2, 0.25) is 5.15 Å². The van der Waals surface area contributed by atoms with E-state index in [2.05, 4.69) is 9.97 Å². The van der Waals surface area contributed by atoms with Crippen molar-refractivity contribution in [2.45, 2.75) is 19.2 Å². The molecule has 0 N–H and O–H groups in total. The molecule has 1 aromatic heterocycles. The van der Waals surface area contributed by atoms with Crippen LogP contribution in [0.3, 0.4) is 0 Å². The molecule has 66 valence electrons. The van der Waals surface area contributed by atoms with Gasteiger partial charge in [0.1, 0.15) is 5.82 Å². The first kappa shape index (κ1) is 9.68. The number of alkyl halides is 1. The fourth-order valence-electron chi connectivity index (χ4n) is 0.723. The minimum atomic E-state index is -0.585. The molecule has 0 saturated carbocycles. The third-order valence-electron chi connectivity index (χ3n) is 1.35. The molecule has 0 spiro atoms. The summed E-state index contributed by atoms with van der Waals surface area (Å²) in [5.41, 5.74) is 0.220. The fourth-order valence-corrected chi connectivity index (χ4v) is 1.04. The van der Waals surface area contributed by atoms with Crippen molar-refractivity contribution in [2.24, 2.45) is 0 Å². The molecule has 1 atom stereocenters. The molecule has 0 radical (unpaired) electrons. The zero-order valence-electron chi connectivity index (χ0n) is 6.61. The molecule has 0 saturated heterocycles. The molecule has 0 fully saturated rings. The van der Waals surface area contributed by atoms with E-state index in [1.807, 2.05) is 0 Å². The molecule has 0 aliphatic rings. The predicted molar refractivity (Wildman–Crippen MR) is 46.0 cm³/mol. The number of aryl methyl sites for hydroxylation is 1. The molecular formula is C7H7Cl2FN2. The molecule has 0 amide bonds. The summed E-state index contributed by atoms with van der Waals surface area (Å²) in [6.07, 6.45) is 0. The lowest BCUT2D eigenvalue weighted by atomic mass is 10.4. The van der Waals surface area contributed by atoms with Gasteiger partial charge in [0.25, 0.3) is 0 Å². The first-order chi connectivity index (χ1) is 5.52. The maximum absolute atomic E-state index is 12.9. The summed E-state index contributed by atoms with van der Waals surface area (Å²) < 4.78 is 12.9. The average Bonchev–Trinajstić information content (AvgIpc) is 1.99. The van der Waals surface area contributed by atoms with E-state index in [1.54, 1.807) is 6.92 Å². The van der Waals surface area contributed by atoms with Gasteiger partial charge < -0.3 is 0 Å². The van der Waals surface area contributed by atoms with Gasteiger partial charge in [-0.3, -0.25) is 0 Å². The van der Waals surface area contributed by atoms with Gasteiger partial charge in [0.2, 0.25) is 0 Å². The molecule has 1 unspecified atom stereocenters. The van der Waals surface area contributed by atoms with Crippen molar-refractivity contribution in [3.63, 3.8) is 0 Å². The average molecular weight is 209 g/mol. The molecule has 12 heavy (non-hydrogen) atoms. The second-order valence-electron chi connectivity index (χ2n) is 2.39. The molecule has 1 aromatic rings. The Morgan fingerprint density at radius 1 is 1.42 bits per heavy atom. The van der Waals surface area contributed by atoms with Crippen LogP contribution in [-0.2, 0) is 0 Å². The summed E-state index contributed by atoms with van der Waals surface area (Å²) in [5, 5.41) is -0.535. The number of hydrogen-bond acceptors (Lipinski definition) is 2. The quantitative estimate of drug-likeness (QED) is 0.524. The van der Waals surface area contributed by atoms with Crippen LogP contribution >= 0.6 is 23.2 Å². The lowest BCUT2D eigenvalue weighted by molar-refractivity contribution is 0.596. The Morgan fingerprint density at radius 3 is 2.42 bits per heavy atom. The van der Waals surface area contributed by atoms with Crippen LogP contribution in [0.25, 0.3) is 0 Å². The third kappa shape index (κ3) is 1.84. The molecule has 5 heteroatoms. The molecule has 0 aliphatic carbocycles. The Morgan fingerprint density at radius 2 is 2.00 bits per heavy atom. The highest BCUT2D eigenvalue weighted by Gasteiger charge is 2.12. The number of nitrogens with zero attached hydrogens (tertiary/aromatic N) is 2. The summed E-state index contributed by atoms with van der Waals surface area (Å²) in [5.74, 6) is -0.238. The number of halogens is 3. The third-order valence-corrected chi connectivity index (χ3v) is 1.80. The number of rotatable bonds is 1. The molecule has 0 aromatic carbocycles. The van der Waals surface area contributed by atoms with Gasteiger partial charge in [0, 0.05) is 0 Å². The zero-order valence-corrected chi connectivity index (χ0v) is 8.12. The molecule has 1 heterocycles. The van der Waals surface area contributed by atoms with E-state index in [0.29, 0.717) is 5.82 Å². The molecule has 2 nitrogen and oxygen atoms in total. The van der Waals surface area contributed by atoms with E-state index in [4.69, 9.17) is 23.2 Å². The van der Waals surface area contributed by atoms with Crippen molar-refractivity contribution >= 4 is 23.2 Å². The normalized spacial score (nSPS) is 13.1. The van der Waals surface area contributed by atoms with E-state index in [0.717, 1.165) is 0 Å². The summed E-state index contributed by atoms with van der Waals surface area (Å²) in [4.78, 5) is 7.51. The Kier molecular flexibility index (Phi) is 2.85. The van der Waals surface area contributed by atoms with Crippen molar-refractivity contribution in [1.29, 1.82) is 0 Å². The molecule has 0 bridgehead atoms. The van der Waals surface area contributed by atoms with E-state index in [-0.39, 0.29) is 16.2 Å². The van der Waals surface area contributed by atoms with Gasteiger partial charge in [-0.1, -0.05) is 11.6 Å². The van der Waals surface area contributed by atoms with Gasteiger partial charge in [-0.05, 0) is 13.8 Å². The minimum Gasteiger partial charge on any atom is -0.233 e. The van der Waals surface area contributed by atoms with Crippen molar-refractivity contribution < 1.29 is 4.39 Å². The Hall–Kier alpha value is -0.410. The monoisotopic (exact) mass is 208 g/mol. The summed E-state index contributed by atoms with van der Waals surface area (Å²) >= 11 is 11.2. The Labute approximate surface area is 79.7 Å². The van der Waals surface area contributed by atoms with Crippen LogP contribution in [0.4, 0.5) is 4.39 Å². The van der Waals surface area contributed by atoms with Gasteiger partial charge in [-0.2, -0.15) is 0 Å². The Balaban J connectivity index is 3.21. The smallest absolute Gasteiger partial charge is 0.181 e. The van der Waals surface area contributed by atoms with Gasteiger partial charge in [0.15, 0.2) is 11.0 Å². The highest BCUT2D eigenvalue weighted by atomic mass is 35.5. The van der Waals surface area contributed by atoms with Crippen molar-refractivity contribution in [3.8, 4) is 0 Å². The van der Waals surface area contributed by atoms with Crippen LogP contribution in [0.5, 0.6) is 0 Å².